The van der Waals surface area contributed by atoms with Crippen LogP contribution in [0.3, 0.4) is 0 Å². The van der Waals surface area contributed by atoms with Crippen molar-refractivity contribution in [2.24, 2.45) is 0 Å². The zero-order chi connectivity index (χ0) is 48.1. The summed E-state index contributed by atoms with van der Waals surface area (Å²) in [5, 5.41) is 0. The molecule has 0 fully saturated rings. The topological polar surface area (TPSA) is 103 Å². The molecule has 0 saturated heterocycles. The van der Waals surface area contributed by atoms with Gasteiger partial charge in [0.05, 0.1) is 5.69 Å². The van der Waals surface area contributed by atoms with E-state index >= 15 is 0 Å². The van der Waals surface area contributed by atoms with Gasteiger partial charge in [-0.05, 0) is 57.2 Å². The van der Waals surface area contributed by atoms with E-state index in [0.717, 1.165) is 11.4 Å². The summed E-state index contributed by atoms with van der Waals surface area (Å²) in [5.74, 6) is 0. The van der Waals surface area contributed by atoms with Crippen LogP contribution in [0.15, 0.2) is 105 Å². The van der Waals surface area contributed by atoms with E-state index in [1.165, 1.54) is 16.7 Å². The molecule has 0 amide bonds. The van der Waals surface area contributed by atoms with Crippen molar-refractivity contribution in [2.75, 3.05) is 0 Å². The summed E-state index contributed by atoms with van der Waals surface area (Å²) in [5.41, 5.74) is 6.83. The van der Waals surface area contributed by atoms with Crippen LogP contribution in [0, 0.1) is 0 Å². The van der Waals surface area contributed by atoms with Crippen molar-refractivity contribution in [1.82, 2.24) is 39.9 Å². The third-order valence-corrected chi connectivity index (χ3v) is 7.18. The maximum absolute atomic E-state index is 4.19. The SMILES string of the molecule is C.CC.CC.CC.CC.CC.CC(C)(C)c1cccnc1.CC(C)(C)c1ccncc1.CC(C)(C)c1ccncn1.CC(C)(C)c1cnccn1.CC(C)(C)c1cncnc1. The van der Waals surface area contributed by atoms with Gasteiger partial charge in [-0.1, -0.05) is 187 Å². The number of rotatable bonds is 0. The molecule has 0 aliphatic heterocycles. The molecule has 5 aromatic heterocycles. The molecule has 0 aliphatic carbocycles. The second-order valence-electron chi connectivity index (χ2n) is 17.0. The molecule has 0 N–H and O–H groups in total. The molecule has 0 radical (unpaired) electrons. The summed E-state index contributed by atoms with van der Waals surface area (Å²) >= 11 is 0. The standard InChI is InChI=1S/2C9H13N.3C8H12N2.5C2H6.CH4/c1-9(2,3)8-4-6-10-7-5-8;1-9(2,3)8-5-4-6-10-7-8;1-8(2,3)7-4-9-6-10-5-7;1-8(2,3)7-6-9-4-5-10-7;1-8(2,3)7-4-5-9-6-10-7;5*1-2;/h2*4-7H,1-3H3;3*4-6H,1-3H3;5*1-2H3;1H4. The van der Waals surface area contributed by atoms with Crippen molar-refractivity contribution in [2.45, 2.75) is 208 Å². The van der Waals surface area contributed by atoms with Crippen molar-refractivity contribution < 1.29 is 0 Å². The van der Waals surface area contributed by atoms with Crippen LogP contribution >= 0.6 is 0 Å². The van der Waals surface area contributed by atoms with E-state index in [0.29, 0.717) is 0 Å². The smallest absolute Gasteiger partial charge is 0.115 e. The molecule has 348 valence electrons. The normalized spacial score (nSPS) is 9.92. The fraction of sp³-hybridized carbons (Fsp3) is 0.585. The molecular formula is C53H96N8. The van der Waals surface area contributed by atoms with Gasteiger partial charge in [-0.25, -0.2) is 19.9 Å². The number of hydrogen-bond acceptors (Lipinski definition) is 8. The third-order valence-electron chi connectivity index (χ3n) is 7.18. The van der Waals surface area contributed by atoms with Crippen LogP contribution in [0.2, 0.25) is 0 Å². The van der Waals surface area contributed by atoms with E-state index in [4.69, 9.17) is 0 Å². The summed E-state index contributed by atoms with van der Waals surface area (Å²) in [4.78, 5) is 32.1. The van der Waals surface area contributed by atoms with E-state index in [1.54, 1.807) is 43.6 Å². The summed E-state index contributed by atoms with van der Waals surface area (Å²) in [6.45, 7) is 52.3. The average Bonchev–Trinajstić information content (AvgIpc) is 3.25. The molecule has 0 bridgehead atoms. The highest BCUT2D eigenvalue weighted by atomic mass is 14.8. The van der Waals surface area contributed by atoms with Crippen molar-refractivity contribution in [3.05, 3.63) is 133 Å². The molecule has 5 rings (SSSR count). The van der Waals surface area contributed by atoms with Crippen LogP contribution in [-0.4, -0.2) is 39.9 Å². The summed E-state index contributed by atoms with van der Waals surface area (Å²) in [6.07, 6.45) is 21.2. The lowest BCUT2D eigenvalue weighted by atomic mass is 9.88. The maximum Gasteiger partial charge on any atom is 0.115 e. The Hall–Kier alpha value is -4.46. The molecule has 0 unspecified atom stereocenters. The van der Waals surface area contributed by atoms with Crippen LogP contribution < -0.4 is 0 Å². The monoisotopic (exact) mass is 845 g/mol. The van der Waals surface area contributed by atoms with Crippen LogP contribution in [0.25, 0.3) is 0 Å². The third kappa shape index (κ3) is 37.1. The molecule has 61 heavy (non-hydrogen) atoms. The molecule has 5 aromatic rings. The highest BCUT2D eigenvalue weighted by Gasteiger charge is 2.16. The van der Waals surface area contributed by atoms with Crippen molar-refractivity contribution in [3.63, 3.8) is 0 Å². The van der Waals surface area contributed by atoms with E-state index in [9.17, 15) is 0 Å². The molecule has 0 spiro atoms. The molecule has 5 heterocycles. The van der Waals surface area contributed by atoms with Gasteiger partial charge in [0.15, 0.2) is 0 Å². The first-order valence-corrected chi connectivity index (χ1v) is 22.1. The molecule has 0 atom stereocenters. The van der Waals surface area contributed by atoms with Gasteiger partial charge in [0.2, 0.25) is 0 Å². The Balaban J connectivity index is -0.000000146. The van der Waals surface area contributed by atoms with Gasteiger partial charge < -0.3 is 0 Å². The lowest BCUT2D eigenvalue weighted by Crippen LogP contribution is -2.13. The summed E-state index contributed by atoms with van der Waals surface area (Å²) < 4.78 is 0. The van der Waals surface area contributed by atoms with Gasteiger partial charge in [0.25, 0.3) is 0 Å². The number of pyridine rings is 2. The predicted octanol–water partition coefficient (Wildman–Crippen LogP) is 15.8. The lowest BCUT2D eigenvalue weighted by molar-refractivity contribution is 0.565. The number of nitrogens with zero attached hydrogens (tertiary/aromatic N) is 8. The second-order valence-corrected chi connectivity index (χ2v) is 17.0. The van der Waals surface area contributed by atoms with Gasteiger partial charge in [-0.2, -0.15) is 0 Å². The van der Waals surface area contributed by atoms with Gasteiger partial charge in [-0.15, -0.1) is 0 Å². The van der Waals surface area contributed by atoms with E-state index < -0.39 is 0 Å². The van der Waals surface area contributed by atoms with E-state index in [2.05, 4.69) is 162 Å². The zero-order valence-electron chi connectivity index (χ0n) is 43.4. The summed E-state index contributed by atoms with van der Waals surface area (Å²) in [6, 6.07) is 10.1. The minimum atomic E-state index is 0. The molecule has 0 aromatic carbocycles. The minimum Gasteiger partial charge on any atom is -0.265 e. The maximum atomic E-state index is 4.19. The zero-order valence-corrected chi connectivity index (χ0v) is 43.4. The van der Waals surface area contributed by atoms with Crippen LogP contribution in [-0.2, 0) is 27.1 Å². The van der Waals surface area contributed by atoms with Gasteiger partial charge in [-0.3, -0.25) is 19.9 Å². The predicted molar refractivity (Wildman–Crippen MR) is 272 cm³/mol. The lowest BCUT2D eigenvalue weighted by Gasteiger charge is -2.17. The first-order valence-electron chi connectivity index (χ1n) is 22.1. The average molecular weight is 845 g/mol. The Bertz CT molecular complexity index is 1280. The second kappa shape index (κ2) is 38.5. The quantitative estimate of drug-likeness (QED) is 0.152. The van der Waals surface area contributed by atoms with Gasteiger partial charge >= 0.3 is 0 Å². The Kier molecular flexibility index (Phi) is 43.1. The van der Waals surface area contributed by atoms with Crippen LogP contribution in [0.5, 0.6) is 0 Å². The fourth-order valence-electron chi connectivity index (χ4n) is 3.77. The van der Waals surface area contributed by atoms with E-state index in [-0.39, 0.29) is 34.5 Å². The van der Waals surface area contributed by atoms with Crippen molar-refractivity contribution in [1.29, 1.82) is 0 Å². The number of aromatic nitrogens is 8. The fourth-order valence-corrected chi connectivity index (χ4v) is 3.77. The van der Waals surface area contributed by atoms with Crippen molar-refractivity contribution in [3.8, 4) is 0 Å². The number of hydrogen-bond donors (Lipinski definition) is 0. The van der Waals surface area contributed by atoms with Crippen LogP contribution in [0.4, 0.5) is 0 Å². The Morgan fingerprint density at radius 2 is 0.705 bits per heavy atom. The first-order chi connectivity index (χ1) is 28.0. The van der Waals surface area contributed by atoms with Gasteiger partial charge in [0, 0.05) is 78.5 Å². The van der Waals surface area contributed by atoms with Crippen LogP contribution in [0.1, 0.15) is 209 Å². The Morgan fingerprint density at radius 1 is 0.295 bits per heavy atom. The highest BCUT2D eigenvalue weighted by Crippen LogP contribution is 2.22. The molecule has 0 saturated carbocycles. The minimum absolute atomic E-state index is 0. The summed E-state index contributed by atoms with van der Waals surface area (Å²) in [7, 11) is 0. The highest BCUT2D eigenvalue weighted by molar-refractivity contribution is 5.19. The van der Waals surface area contributed by atoms with Crippen molar-refractivity contribution >= 4 is 0 Å². The molecule has 0 aliphatic rings. The molecular weight excluding hydrogens is 749 g/mol. The largest absolute Gasteiger partial charge is 0.265 e. The molecule has 8 heteroatoms. The van der Waals surface area contributed by atoms with Gasteiger partial charge in [0.1, 0.15) is 12.7 Å². The molecule has 8 nitrogen and oxygen atoms in total. The Morgan fingerprint density at radius 3 is 0.951 bits per heavy atom. The Labute approximate surface area is 379 Å². The van der Waals surface area contributed by atoms with E-state index in [1.807, 2.05) is 112 Å². The first kappa shape index (κ1) is 68.3.